The van der Waals surface area contributed by atoms with Crippen molar-refractivity contribution in [1.82, 2.24) is 25.2 Å². The summed E-state index contributed by atoms with van der Waals surface area (Å²) in [5.74, 6) is -0.205. The maximum atomic E-state index is 12.9. The van der Waals surface area contributed by atoms with E-state index in [0.717, 1.165) is 23.2 Å². The molecule has 1 amide bonds. The number of hydrogen-bond donors (Lipinski definition) is 2. The van der Waals surface area contributed by atoms with Crippen LogP contribution in [0.1, 0.15) is 32.6 Å². The number of aromatic nitrogens is 3. The molecular formula is C26H25ClN6O. The van der Waals surface area contributed by atoms with E-state index in [0.29, 0.717) is 45.9 Å². The Bertz CT molecular complexity index is 1460. The molecule has 0 aliphatic heterocycles. The van der Waals surface area contributed by atoms with Gasteiger partial charge >= 0.3 is 0 Å². The molecule has 0 unspecified atom stereocenters. The Morgan fingerprint density at radius 1 is 1.12 bits per heavy atom. The van der Waals surface area contributed by atoms with Gasteiger partial charge in [-0.3, -0.25) is 19.7 Å². The number of carbonyl (C=O) groups is 1. The summed E-state index contributed by atoms with van der Waals surface area (Å²) in [6.07, 6.45) is 8.54. The maximum absolute atomic E-state index is 12.9. The van der Waals surface area contributed by atoms with Gasteiger partial charge in [0.25, 0.3) is 5.91 Å². The molecule has 8 heteroatoms. The summed E-state index contributed by atoms with van der Waals surface area (Å²) in [6.45, 7) is 2.92. The first-order valence-corrected chi connectivity index (χ1v) is 11.5. The predicted molar refractivity (Wildman–Crippen MR) is 137 cm³/mol. The Kier molecular flexibility index (Phi) is 5.89. The van der Waals surface area contributed by atoms with Crippen LogP contribution in [0.4, 0.5) is 5.69 Å². The first-order valence-electron chi connectivity index (χ1n) is 11.1. The van der Waals surface area contributed by atoms with E-state index in [1.165, 1.54) is 11.1 Å². The summed E-state index contributed by atoms with van der Waals surface area (Å²) < 4.78 is 0. The summed E-state index contributed by atoms with van der Waals surface area (Å²) in [4.78, 5) is 28.8. The average Bonchev–Trinajstić information content (AvgIpc) is 3.30. The predicted octanol–water partition coefficient (Wildman–Crippen LogP) is 4.57. The molecular weight excluding hydrogens is 448 g/mol. The zero-order valence-corrected chi connectivity index (χ0v) is 20.1. The van der Waals surface area contributed by atoms with E-state index in [-0.39, 0.29) is 5.91 Å². The lowest BCUT2D eigenvalue weighted by Gasteiger charge is -2.16. The number of fused-ring (bicyclic) bond motifs is 3. The highest BCUT2D eigenvalue weighted by Gasteiger charge is 2.17. The number of rotatable bonds is 6. The summed E-state index contributed by atoms with van der Waals surface area (Å²) in [5.41, 5.74) is 8.07. The van der Waals surface area contributed by atoms with E-state index in [1.54, 1.807) is 18.5 Å². The number of pyridine rings is 3. The first kappa shape index (κ1) is 22.3. The molecule has 3 aromatic heterocycles. The van der Waals surface area contributed by atoms with Crippen LogP contribution in [-0.4, -0.2) is 46.5 Å². The van der Waals surface area contributed by atoms with Crippen molar-refractivity contribution in [2.45, 2.75) is 19.9 Å². The van der Waals surface area contributed by atoms with Gasteiger partial charge in [-0.1, -0.05) is 35.9 Å². The van der Waals surface area contributed by atoms with Crippen LogP contribution in [0.3, 0.4) is 0 Å². The van der Waals surface area contributed by atoms with Crippen LogP contribution < -0.4 is 10.6 Å². The summed E-state index contributed by atoms with van der Waals surface area (Å²) >= 11 is 6.58. The van der Waals surface area contributed by atoms with Gasteiger partial charge in [0.15, 0.2) is 0 Å². The molecule has 0 saturated heterocycles. The Hall–Kier alpha value is -3.55. The van der Waals surface area contributed by atoms with Crippen molar-refractivity contribution in [3.05, 3.63) is 75.6 Å². The van der Waals surface area contributed by atoms with Crippen molar-refractivity contribution in [3.8, 4) is 0 Å². The van der Waals surface area contributed by atoms with Gasteiger partial charge in [0.2, 0.25) is 0 Å². The minimum absolute atomic E-state index is 0.205. The van der Waals surface area contributed by atoms with Crippen LogP contribution in [0, 0.1) is 6.92 Å². The topological polar surface area (TPSA) is 83.0 Å². The Morgan fingerprint density at radius 2 is 1.94 bits per heavy atom. The molecule has 0 saturated carbocycles. The van der Waals surface area contributed by atoms with Gasteiger partial charge in [-0.15, -0.1) is 0 Å². The van der Waals surface area contributed by atoms with Gasteiger partial charge in [-0.05, 0) is 61.8 Å². The molecule has 0 fully saturated rings. The van der Waals surface area contributed by atoms with E-state index in [2.05, 4.69) is 51.0 Å². The lowest BCUT2D eigenvalue weighted by Crippen LogP contribution is -2.23. The highest BCUT2D eigenvalue weighted by Crippen LogP contribution is 2.33. The van der Waals surface area contributed by atoms with E-state index in [9.17, 15) is 4.79 Å². The van der Waals surface area contributed by atoms with Crippen LogP contribution >= 0.6 is 11.6 Å². The van der Waals surface area contributed by atoms with Gasteiger partial charge in [0, 0.05) is 18.9 Å². The van der Waals surface area contributed by atoms with Gasteiger partial charge in [-0.2, -0.15) is 0 Å². The quantitative estimate of drug-likeness (QED) is 0.316. The Morgan fingerprint density at radius 3 is 2.76 bits per heavy atom. The normalized spacial score (nSPS) is 12.5. The Balaban J connectivity index is 1.48. The number of aryl methyl sites for hydroxylation is 1. The summed E-state index contributed by atoms with van der Waals surface area (Å²) in [6, 6.07) is 8.04. The van der Waals surface area contributed by atoms with Crippen molar-refractivity contribution in [3.63, 3.8) is 0 Å². The lowest BCUT2D eigenvalue weighted by atomic mass is 10.1. The van der Waals surface area contributed by atoms with Crippen LogP contribution in [0.25, 0.3) is 28.1 Å². The fourth-order valence-corrected chi connectivity index (χ4v) is 4.22. The van der Waals surface area contributed by atoms with E-state index < -0.39 is 0 Å². The monoisotopic (exact) mass is 472 g/mol. The zero-order valence-electron chi connectivity index (χ0n) is 19.3. The van der Waals surface area contributed by atoms with Crippen molar-refractivity contribution >= 4 is 51.3 Å². The zero-order chi connectivity index (χ0) is 23.8. The Labute approximate surface area is 202 Å². The number of carbonyl (C=O) groups excluding carboxylic acids is 1. The third-order valence-corrected chi connectivity index (χ3v) is 6.35. The standard InChI is InChI=1S/C26H25ClN6O/c1-15-11-28-25-23(21(15)27)32-20-10-19(13-29-22(20)24(25)31-14-33(2)3)26(34)30-12-16-7-8-17-5-4-6-18(17)9-16/h4,6-11,13H,5,12,14H2,1-3H3,(H,30,34)(H,31,32). The van der Waals surface area contributed by atoms with Crippen LogP contribution in [-0.2, 0) is 13.0 Å². The minimum Gasteiger partial charge on any atom is -0.369 e. The molecule has 1 aliphatic rings. The van der Waals surface area contributed by atoms with Crippen molar-refractivity contribution < 1.29 is 4.79 Å². The summed E-state index contributed by atoms with van der Waals surface area (Å²) in [7, 11) is 3.94. The second kappa shape index (κ2) is 9.00. The molecule has 5 rings (SSSR count). The number of anilines is 1. The molecule has 0 atom stereocenters. The SMILES string of the molecule is Cc1cnc2c(NCN(C)C)c3ncc(C(=O)NCc4ccc5c(c4)C=CC5)cc3nc2c1Cl. The minimum atomic E-state index is -0.205. The fraction of sp³-hybridized carbons (Fsp3) is 0.231. The fourth-order valence-electron chi connectivity index (χ4n) is 4.04. The van der Waals surface area contributed by atoms with Crippen molar-refractivity contribution in [1.29, 1.82) is 0 Å². The number of hydrogen-bond acceptors (Lipinski definition) is 6. The van der Waals surface area contributed by atoms with Gasteiger partial charge < -0.3 is 10.6 Å². The molecule has 172 valence electrons. The summed E-state index contributed by atoms with van der Waals surface area (Å²) in [5, 5.41) is 6.92. The largest absolute Gasteiger partial charge is 0.369 e. The molecule has 4 aromatic rings. The van der Waals surface area contributed by atoms with E-state index in [1.807, 2.05) is 25.9 Å². The molecule has 1 aliphatic carbocycles. The van der Waals surface area contributed by atoms with Crippen LogP contribution in [0.5, 0.6) is 0 Å². The molecule has 34 heavy (non-hydrogen) atoms. The number of allylic oxidation sites excluding steroid dienone is 1. The average molecular weight is 473 g/mol. The van der Waals surface area contributed by atoms with Crippen LogP contribution in [0.15, 0.2) is 42.7 Å². The molecule has 1 aromatic carbocycles. The second-order valence-electron chi connectivity index (χ2n) is 8.77. The third kappa shape index (κ3) is 4.20. The maximum Gasteiger partial charge on any atom is 0.253 e. The number of benzene rings is 1. The number of amides is 1. The highest BCUT2D eigenvalue weighted by atomic mass is 35.5. The lowest BCUT2D eigenvalue weighted by molar-refractivity contribution is 0.0950. The van der Waals surface area contributed by atoms with Gasteiger partial charge in [0.1, 0.15) is 16.6 Å². The van der Waals surface area contributed by atoms with Gasteiger partial charge in [0.05, 0.1) is 28.5 Å². The number of halogens is 1. The molecule has 0 bridgehead atoms. The first-order chi connectivity index (χ1) is 16.4. The number of nitrogens with zero attached hydrogens (tertiary/aromatic N) is 4. The molecule has 2 N–H and O–H groups in total. The van der Waals surface area contributed by atoms with E-state index >= 15 is 0 Å². The van der Waals surface area contributed by atoms with Gasteiger partial charge in [-0.25, -0.2) is 4.98 Å². The van der Waals surface area contributed by atoms with E-state index in [4.69, 9.17) is 16.6 Å². The highest BCUT2D eigenvalue weighted by molar-refractivity contribution is 6.36. The number of nitrogens with one attached hydrogen (secondary N) is 2. The third-order valence-electron chi connectivity index (χ3n) is 5.87. The van der Waals surface area contributed by atoms with Crippen molar-refractivity contribution in [2.24, 2.45) is 0 Å². The van der Waals surface area contributed by atoms with Crippen LogP contribution in [0.2, 0.25) is 5.02 Å². The second-order valence-corrected chi connectivity index (χ2v) is 9.15. The molecule has 3 heterocycles. The molecule has 7 nitrogen and oxygen atoms in total. The molecule has 0 radical (unpaired) electrons. The van der Waals surface area contributed by atoms with Crippen molar-refractivity contribution in [2.75, 3.05) is 26.1 Å². The smallest absolute Gasteiger partial charge is 0.253 e. The molecule has 0 spiro atoms.